The van der Waals surface area contributed by atoms with Crippen LogP contribution < -0.4 is 0 Å². The fourth-order valence-electron chi connectivity index (χ4n) is 2.37. The van der Waals surface area contributed by atoms with Crippen molar-refractivity contribution < 1.29 is 9.47 Å². The zero-order chi connectivity index (χ0) is 12.8. The Morgan fingerprint density at radius 3 is 2.78 bits per heavy atom. The summed E-state index contributed by atoms with van der Waals surface area (Å²) in [6, 6.07) is 10.3. The molecular formula is C15H17NO2. The molecule has 94 valence electrons. The summed E-state index contributed by atoms with van der Waals surface area (Å²) in [5, 5.41) is 1.19. The first-order chi connectivity index (χ1) is 8.55. The monoisotopic (exact) mass is 243 g/mol. The maximum atomic E-state index is 5.85. The average Bonchev–Trinajstić information content (AvgIpc) is 2.70. The Morgan fingerprint density at radius 1 is 1.28 bits per heavy atom. The molecule has 0 bridgehead atoms. The van der Waals surface area contributed by atoms with Crippen molar-refractivity contribution in [3.63, 3.8) is 0 Å². The van der Waals surface area contributed by atoms with Crippen molar-refractivity contribution in [2.45, 2.75) is 32.7 Å². The van der Waals surface area contributed by atoms with Crippen LogP contribution in [0.4, 0.5) is 0 Å². The van der Waals surface area contributed by atoms with Gasteiger partial charge >= 0.3 is 0 Å². The van der Waals surface area contributed by atoms with Crippen LogP contribution in [0.3, 0.4) is 0 Å². The second kappa shape index (κ2) is 4.04. The van der Waals surface area contributed by atoms with Gasteiger partial charge in [0.05, 0.1) is 17.8 Å². The first-order valence-corrected chi connectivity index (χ1v) is 6.23. The summed E-state index contributed by atoms with van der Waals surface area (Å²) >= 11 is 0. The molecule has 3 rings (SSSR count). The van der Waals surface area contributed by atoms with Gasteiger partial charge in [-0.3, -0.25) is 0 Å². The number of fused-ring (bicyclic) bond motifs is 1. The lowest BCUT2D eigenvalue weighted by Crippen LogP contribution is -2.19. The van der Waals surface area contributed by atoms with Gasteiger partial charge in [0.25, 0.3) is 0 Å². The van der Waals surface area contributed by atoms with E-state index in [4.69, 9.17) is 9.47 Å². The molecule has 18 heavy (non-hydrogen) atoms. The second-order valence-corrected chi connectivity index (χ2v) is 5.20. The van der Waals surface area contributed by atoms with Crippen molar-refractivity contribution in [1.82, 2.24) is 4.98 Å². The van der Waals surface area contributed by atoms with Gasteiger partial charge < -0.3 is 9.47 Å². The molecule has 0 radical (unpaired) electrons. The summed E-state index contributed by atoms with van der Waals surface area (Å²) in [6.45, 7) is 6.54. The zero-order valence-electron chi connectivity index (χ0n) is 10.9. The lowest BCUT2D eigenvalue weighted by Gasteiger charge is -2.17. The molecule has 3 heteroatoms. The number of pyridine rings is 1. The van der Waals surface area contributed by atoms with Gasteiger partial charge in [-0.1, -0.05) is 18.2 Å². The lowest BCUT2D eigenvalue weighted by molar-refractivity contribution is -0.139. The first kappa shape index (κ1) is 11.6. The van der Waals surface area contributed by atoms with Gasteiger partial charge in [-0.15, -0.1) is 0 Å². The van der Waals surface area contributed by atoms with E-state index in [1.54, 1.807) is 0 Å². The van der Waals surface area contributed by atoms with E-state index in [0.717, 1.165) is 11.2 Å². The molecule has 2 heterocycles. The molecular weight excluding hydrogens is 226 g/mol. The quantitative estimate of drug-likeness (QED) is 0.769. The molecule has 1 atom stereocenters. The van der Waals surface area contributed by atoms with Crippen LogP contribution in [0.1, 0.15) is 31.2 Å². The van der Waals surface area contributed by atoms with Crippen molar-refractivity contribution in [2.24, 2.45) is 0 Å². The first-order valence-electron chi connectivity index (χ1n) is 6.23. The van der Waals surface area contributed by atoms with Crippen LogP contribution in [0.2, 0.25) is 0 Å². The van der Waals surface area contributed by atoms with Crippen LogP contribution in [0.15, 0.2) is 30.3 Å². The molecule has 1 saturated heterocycles. The SMILES string of the molecule is Cc1cc(C2COC(C)(C)O2)nc2ccccc12. The van der Waals surface area contributed by atoms with Crippen LogP contribution in [0.5, 0.6) is 0 Å². The highest BCUT2D eigenvalue weighted by Crippen LogP contribution is 2.33. The molecule has 1 unspecified atom stereocenters. The standard InChI is InChI=1S/C15H17NO2/c1-10-8-13(14-9-17-15(2,3)18-14)16-12-7-5-4-6-11(10)12/h4-8,14H,9H2,1-3H3. The Balaban J connectivity index is 2.03. The molecule has 0 aliphatic carbocycles. The number of aromatic nitrogens is 1. The number of benzene rings is 1. The van der Waals surface area contributed by atoms with Crippen LogP contribution in [0, 0.1) is 6.92 Å². The second-order valence-electron chi connectivity index (χ2n) is 5.20. The topological polar surface area (TPSA) is 31.4 Å². The summed E-state index contributed by atoms with van der Waals surface area (Å²) in [6.07, 6.45) is -0.0664. The Kier molecular flexibility index (Phi) is 2.61. The molecule has 0 N–H and O–H groups in total. The summed E-state index contributed by atoms with van der Waals surface area (Å²) < 4.78 is 11.5. The van der Waals surface area contributed by atoms with Gasteiger partial charge in [0, 0.05) is 5.39 Å². The highest BCUT2D eigenvalue weighted by molar-refractivity contribution is 5.82. The molecule has 1 aromatic heterocycles. The number of nitrogens with zero attached hydrogens (tertiary/aromatic N) is 1. The molecule has 0 spiro atoms. The predicted octanol–water partition coefficient (Wildman–Crippen LogP) is 3.37. The van der Waals surface area contributed by atoms with Crippen molar-refractivity contribution in [1.29, 1.82) is 0 Å². The Labute approximate surface area is 107 Å². The summed E-state index contributed by atoms with van der Waals surface area (Å²) in [5.74, 6) is -0.508. The van der Waals surface area contributed by atoms with Gasteiger partial charge in [0.2, 0.25) is 0 Å². The maximum Gasteiger partial charge on any atom is 0.163 e. The minimum atomic E-state index is -0.508. The summed E-state index contributed by atoms with van der Waals surface area (Å²) in [4.78, 5) is 4.68. The van der Waals surface area contributed by atoms with Crippen LogP contribution in [-0.4, -0.2) is 17.4 Å². The lowest BCUT2D eigenvalue weighted by atomic mass is 10.1. The molecule has 1 aliphatic rings. The minimum absolute atomic E-state index is 0.0664. The molecule has 1 fully saturated rings. The highest BCUT2D eigenvalue weighted by atomic mass is 16.7. The number of aryl methyl sites for hydroxylation is 1. The largest absolute Gasteiger partial charge is 0.347 e. The third kappa shape index (κ3) is 2.00. The minimum Gasteiger partial charge on any atom is -0.347 e. The number of hydrogen-bond donors (Lipinski definition) is 0. The maximum absolute atomic E-state index is 5.85. The summed E-state index contributed by atoms with van der Waals surface area (Å²) in [5.41, 5.74) is 3.20. The molecule has 2 aromatic rings. The molecule has 0 amide bonds. The van der Waals surface area contributed by atoms with E-state index in [-0.39, 0.29) is 6.10 Å². The van der Waals surface area contributed by atoms with E-state index in [2.05, 4.69) is 24.0 Å². The molecule has 1 aliphatic heterocycles. The van der Waals surface area contributed by atoms with Crippen molar-refractivity contribution in [3.05, 3.63) is 41.6 Å². The Bertz CT molecular complexity index is 592. The molecule has 0 saturated carbocycles. The number of rotatable bonds is 1. The number of para-hydroxylation sites is 1. The van der Waals surface area contributed by atoms with Gasteiger partial charge in [0.1, 0.15) is 6.10 Å². The van der Waals surface area contributed by atoms with E-state index in [1.165, 1.54) is 10.9 Å². The smallest absolute Gasteiger partial charge is 0.163 e. The highest BCUT2D eigenvalue weighted by Gasteiger charge is 2.34. The van der Waals surface area contributed by atoms with E-state index < -0.39 is 5.79 Å². The van der Waals surface area contributed by atoms with Gasteiger partial charge in [-0.05, 0) is 38.5 Å². The third-order valence-corrected chi connectivity index (χ3v) is 3.28. The fourth-order valence-corrected chi connectivity index (χ4v) is 2.37. The van der Waals surface area contributed by atoms with Crippen molar-refractivity contribution in [2.75, 3.05) is 6.61 Å². The normalized spacial score (nSPS) is 22.5. The fraction of sp³-hybridized carbons (Fsp3) is 0.400. The van der Waals surface area contributed by atoms with E-state index >= 15 is 0 Å². The Hall–Kier alpha value is -1.45. The Morgan fingerprint density at radius 2 is 2.06 bits per heavy atom. The van der Waals surface area contributed by atoms with Crippen LogP contribution in [0.25, 0.3) is 10.9 Å². The summed E-state index contributed by atoms with van der Waals surface area (Å²) in [7, 11) is 0. The molecule has 1 aromatic carbocycles. The zero-order valence-corrected chi connectivity index (χ0v) is 10.9. The van der Waals surface area contributed by atoms with Crippen molar-refractivity contribution in [3.8, 4) is 0 Å². The van der Waals surface area contributed by atoms with Crippen molar-refractivity contribution >= 4 is 10.9 Å². The number of hydrogen-bond acceptors (Lipinski definition) is 3. The third-order valence-electron chi connectivity index (χ3n) is 3.28. The predicted molar refractivity (Wildman–Crippen MR) is 70.3 cm³/mol. The van der Waals surface area contributed by atoms with Gasteiger partial charge in [-0.2, -0.15) is 0 Å². The molecule has 3 nitrogen and oxygen atoms in total. The van der Waals surface area contributed by atoms with E-state index in [0.29, 0.717) is 6.61 Å². The van der Waals surface area contributed by atoms with Gasteiger partial charge in [-0.25, -0.2) is 4.98 Å². The van der Waals surface area contributed by atoms with E-state index in [9.17, 15) is 0 Å². The average molecular weight is 243 g/mol. The number of ether oxygens (including phenoxy) is 2. The van der Waals surface area contributed by atoms with Crippen LogP contribution >= 0.6 is 0 Å². The van der Waals surface area contributed by atoms with Crippen LogP contribution in [-0.2, 0) is 9.47 Å². The van der Waals surface area contributed by atoms with Gasteiger partial charge in [0.15, 0.2) is 5.79 Å². The van der Waals surface area contributed by atoms with E-state index in [1.807, 2.05) is 32.0 Å².